The highest BCUT2D eigenvalue weighted by Crippen LogP contribution is 2.48. The Hall–Kier alpha value is -0.550. The first-order valence-electron chi connectivity index (χ1n) is 5.76. The third-order valence-corrected chi connectivity index (χ3v) is 4.02. The largest absolute Gasteiger partial charge is 0.316 e. The van der Waals surface area contributed by atoms with Crippen molar-refractivity contribution in [3.63, 3.8) is 0 Å². The number of hydrogen-bond acceptors (Lipinski definition) is 2. The fourth-order valence-electron chi connectivity index (χ4n) is 2.35. The van der Waals surface area contributed by atoms with E-state index in [4.69, 9.17) is 5.26 Å². The van der Waals surface area contributed by atoms with E-state index in [0.29, 0.717) is 10.8 Å². The van der Waals surface area contributed by atoms with Gasteiger partial charge in [0.2, 0.25) is 0 Å². The Morgan fingerprint density at radius 3 is 2.36 bits per heavy atom. The van der Waals surface area contributed by atoms with Crippen LogP contribution in [-0.2, 0) is 0 Å². The average Bonchev–Trinajstić information content (AvgIpc) is 2.83. The molecule has 0 amide bonds. The molecule has 0 unspecified atom stereocenters. The maximum Gasteiger partial charge on any atom is 0.0628 e. The molecule has 0 radical (unpaired) electrons. The maximum absolute atomic E-state index is 8.68. The Balaban J connectivity index is 1.66. The lowest BCUT2D eigenvalue weighted by Gasteiger charge is -2.39. The fourth-order valence-corrected chi connectivity index (χ4v) is 2.35. The maximum atomic E-state index is 8.68. The van der Waals surface area contributed by atoms with E-state index in [0.717, 1.165) is 19.5 Å². The molecule has 0 aromatic rings. The summed E-state index contributed by atoms with van der Waals surface area (Å²) < 4.78 is 0. The van der Waals surface area contributed by atoms with Crippen molar-refractivity contribution in [3.05, 3.63) is 0 Å². The van der Waals surface area contributed by atoms with Crippen LogP contribution in [0.25, 0.3) is 0 Å². The first kappa shape index (κ1) is 9.98. The highest BCUT2D eigenvalue weighted by atomic mass is 14.9. The van der Waals surface area contributed by atoms with E-state index in [1.54, 1.807) is 0 Å². The molecule has 0 spiro atoms. The van der Waals surface area contributed by atoms with Crippen LogP contribution in [0.5, 0.6) is 0 Å². The SMILES string of the molecule is CC1(CNCC2(CC#N)CC2)CCC1. The molecule has 2 heteroatoms. The third kappa shape index (κ3) is 2.09. The van der Waals surface area contributed by atoms with Crippen molar-refractivity contribution in [2.24, 2.45) is 10.8 Å². The highest BCUT2D eigenvalue weighted by Gasteiger charge is 2.42. The lowest BCUT2D eigenvalue weighted by Crippen LogP contribution is -2.39. The fraction of sp³-hybridized carbons (Fsp3) is 0.917. The zero-order chi connectivity index (χ0) is 10.1. The van der Waals surface area contributed by atoms with Gasteiger partial charge in [-0.2, -0.15) is 5.26 Å². The smallest absolute Gasteiger partial charge is 0.0628 e. The summed E-state index contributed by atoms with van der Waals surface area (Å²) >= 11 is 0. The predicted octanol–water partition coefficient (Wildman–Crippen LogP) is 2.46. The molecule has 2 fully saturated rings. The second kappa shape index (κ2) is 3.55. The Labute approximate surface area is 86.7 Å². The lowest BCUT2D eigenvalue weighted by atomic mass is 9.70. The van der Waals surface area contributed by atoms with Crippen molar-refractivity contribution in [2.45, 2.75) is 45.4 Å². The normalized spacial score (nSPS) is 26.3. The van der Waals surface area contributed by atoms with Crippen molar-refractivity contribution in [1.29, 1.82) is 5.26 Å². The van der Waals surface area contributed by atoms with Crippen molar-refractivity contribution in [3.8, 4) is 6.07 Å². The average molecular weight is 192 g/mol. The molecule has 0 aliphatic heterocycles. The van der Waals surface area contributed by atoms with Gasteiger partial charge in [0.15, 0.2) is 0 Å². The second-order valence-corrected chi connectivity index (χ2v) is 5.60. The Kier molecular flexibility index (Phi) is 2.53. The van der Waals surface area contributed by atoms with Gasteiger partial charge in [0.1, 0.15) is 0 Å². The van der Waals surface area contributed by atoms with Gasteiger partial charge in [-0.25, -0.2) is 0 Å². The predicted molar refractivity (Wildman–Crippen MR) is 56.7 cm³/mol. The van der Waals surface area contributed by atoms with Gasteiger partial charge in [0, 0.05) is 19.5 Å². The van der Waals surface area contributed by atoms with Crippen LogP contribution < -0.4 is 5.32 Å². The van der Waals surface area contributed by atoms with Crippen LogP contribution in [0.1, 0.15) is 45.4 Å². The van der Waals surface area contributed by atoms with E-state index < -0.39 is 0 Å². The zero-order valence-corrected chi connectivity index (χ0v) is 9.10. The molecule has 2 aliphatic rings. The molecular formula is C12H20N2. The molecule has 0 saturated heterocycles. The van der Waals surface area contributed by atoms with E-state index >= 15 is 0 Å². The Bertz CT molecular complexity index is 244. The molecule has 1 N–H and O–H groups in total. The summed E-state index contributed by atoms with van der Waals surface area (Å²) in [5, 5.41) is 12.2. The van der Waals surface area contributed by atoms with Crippen LogP contribution in [0.2, 0.25) is 0 Å². The summed E-state index contributed by atoms with van der Waals surface area (Å²) in [7, 11) is 0. The van der Waals surface area contributed by atoms with Crippen LogP contribution in [0.4, 0.5) is 0 Å². The summed E-state index contributed by atoms with van der Waals surface area (Å²) in [6.45, 7) is 4.59. The van der Waals surface area contributed by atoms with E-state index in [9.17, 15) is 0 Å². The van der Waals surface area contributed by atoms with Crippen molar-refractivity contribution in [1.82, 2.24) is 5.32 Å². The number of hydrogen-bond donors (Lipinski definition) is 1. The molecule has 2 saturated carbocycles. The first-order valence-corrected chi connectivity index (χ1v) is 5.76. The zero-order valence-electron chi connectivity index (χ0n) is 9.10. The van der Waals surface area contributed by atoms with Crippen LogP contribution in [0.15, 0.2) is 0 Å². The van der Waals surface area contributed by atoms with E-state index in [-0.39, 0.29) is 0 Å². The highest BCUT2D eigenvalue weighted by molar-refractivity contribution is 5.01. The summed E-state index contributed by atoms with van der Waals surface area (Å²) in [5.41, 5.74) is 0.942. The molecule has 2 aliphatic carbocycles. The Morgan fingerprint density at radius 1 is 1.21 bits per heavy atom. The van der Waals surface area contributed by atoms with Crippen LogP contribution in [0.3, 0.4) is 0 Å². The Morgan fingerprint density at radius 2 is 1.93 bits per heavy atom. The monoisotopic (exact) mass is 192 g/mol. The minimum atomic E-state index is 0.370. The van der Waals surface area contributed by atoms with Gasteiger partial charge in [-0.3, -0.25) is 0 Å². The lowest BCUT2D eigenvalue weighted by molar-refractivity contribution is 0.153. The molecule has 14 heavy (non-hydrogen) atoms. The molecule has 0 heterocycles. The van der Waals surface area contributed by atoms with Crippen LogP contribution in [-0.4, -0.2) is 13.1 Å². The van der Waals surface area contributed by atoms with Crippen molar-refractivity contribution < 1.29 is 0 Å². The van der Waals surface area contributed by atoms with Crippen LogP contribution in [0, 0.1) is 22.2 Å². The standard InChI is InChI=1S/C12H20N2/c1-11(3-2-4-11)9-14-10-12(5-6-12)7-8-13/h14H,2-7,9-10H2,1H3. The van der Waals surface area contributed by atoms with Crippen molar-refractivity contribution in [2.75, 3.05) is 13.1 Å². The molecular weight excluding hydrogens is 172 g/mol. The second-order valence-electron chi connectivity index (χ2n) is 5.60. The minimum Gasteiger partial charge on any atom is -0.316 e. The number of rotatable bonds is 5. The van der Waals surface area contributed by atoms with Gasteiger partial charge in [0.25, 0.3) is 0 Å². The minimum absolute atomic E-state index is 0.370. The molecule has 2 rings (SSSR count). The van der Waals surface area contributed by atoms with E-state index in [1.807, 2.05) is 0 Å². The molecule has 2 nitrogen and oxygen atoms in total. The van der Waals surface area contributed by atoms with Gasteiger partial charge < -0.3 is 5.32 Å². The quantitative estimate of drug-likeness (QED) is 0.726. The molecule has 0 bridgehead atoms. The molecule has 0 aromatic heterocycles. The number of nitrogens with one attached hydrogen (secondary N) is 1. The van der Waals surface area contributed by atoms with Gasteiger partial charge in [-0.1, -0.05) is 13.3 Å². The number of nitriles is 1. The summed E-state index contributed by atoms with van der Waals surface area (Å²) in [4.78, 5) is 0. The van der Waals surface area contributed by atoms with Crippen LogP contribution >= 0.6 is 0 Å². The topological polar surface area (TPSA) is 35.8 Å². The van der Waals surface area contributed by atoms with Gasteiger partial charge in [0.05, 0.1) is 6.07 Å². The third-order valence-electron chi connectivity index (χ3n) is 4.02. The van der Waals surface area contributed by atoms with Gasteiger partial charge in [-0.15, -0.1) is 0 Å². The van der Waals surface area contributed by atoms with E-state index in [2.05, 4.69) is 18.3 Å². The first-order chi connectivity index (χ1) is 6.68. The van der Waals surface area contributed by atoms with Gasteiger partial charge in [-0.05, 0) is 36.5 Å². The molecule has 0 aromatic carbocycles. The summed E-state index contributed by atoms with van der Waals surface area (Å²) in [5.74, 6) is 0. The van der Waals surface area contributed by atoms with Gasteiger partial charge >= 0.3 is 0 Å². The van der Waals surface area contributed by atoms with Crippen molar-refractivity contribution >= 4 is 0 Å². The molecule has 0 atom stereocenters. The number of nitrogens with zero attached hydrogens (tertiary/aromatic N) is 1. The summed E-state index contributed by atoms with van der Waals surface area (Å²) in [6, 6.07) is 2.31. The van der Waals surface area contributed by atoms with E-state index in [1.165, 1.54) is 32.1 Å². The molecule has 78 valence electrons. The summed E-state index contributed by atoms with van der Waals surface area (Å²) in [6.07, 6.45) is 7.42.